The van der Waals surface area contributed by atoms with Gasteiger partial charge in [-0.3, -0.25) is 19.9 Å². The first-order valence-corrected chi connectivity index (χ1v) is 25.3. The van der Waals surface area contributed by atoms with Crippen LogP contribution >= 0.6 is 11.8 Å². The Bertz CT molecular complexity index is 3690. The predicted octanol–water partition coefficient (Wildman–Crippen LogP) is 14.8. The standard InChI is InChI=1S/C62H38N12OS/c1-5-25-53-49(21-1)73(50-22-2-6-26-54(50)75-53)43-36-40(37-44(38-43)74-51-23-3-7-27-55(51)76-56-28-8-4-24-52(56)74)39-33-41(57-67-59(45-17-9-13-29-63-45)71-60(68-57)46-18-10-14-30-64-46)35-42(34-39)58-69-61(47-19-11-15-31-65-47)72-62(70-58)48-20-12-16-32-66-48/h1-38H. The summed E-state index contributed by atoms with van der Waals surface area (Å²) in [6.07, 6.45) is 6.91. The SMILES string of the molecule is c1ccc(-c2nc(-c3cc(-c4cc(N5c6ccccc6Oc6ccccc65)cc(N5c6ccccc6Sc6ccccc65)c4)cc(-c4nc(-c5ccccn5)nc(-c5ccccn5)n4)c3)nc(-c3ccccn3)n2)nc1. The molecule has 0 unspecified atom stereocenters. The number of rotatable bonds is 9. The molecule has 0 N–H and O–H groups in total. The molecule has 0 aliphatic carbocycles. The van der Waals surface area contributed by atoms with E-state index in [0.717, 1.165) is 66.5 Å². The maximum atomic E-state index is 6.57. The summed E-state index contributed by atoms with van der Waals surface area (Å²) in [6.45, 7) is 0. The zero-order chi connectivity index (χ0) is 50.4. The van der Waals surface area contributed by atoms with Gasteiger partial charge >= 0.3 is 0 Å². The van der Waals surface area contributed by atoms with E-state index in [9.17, 15) is 0 Å². The minimum atomic E-state index is 0.391. The summed E-state index contributed by atoms with van der Waals surface area (Å²) in [7, 11) is 0. The van der Waals surface area contributed by atoms with Crippen LogP contribution in [0, 0.1) is 0 Å². The van der Waals surface area contributed by atoms with Gasteiger partial charge in [-0.1, -0.05) is 84.6 Å². The van der Waals surface area contributed by atoms with Crippen molar-refractivity contribution in [2.24, 2.45) is 0 Å². The molecule has 0 spiro atoms. The summed E-state index contributed by atoms with van der Waals surface area (Å²) in [5.41, 5.74) is 11.2. The molecule has 2 aliphatic rings. The summed E-state index contributed by atoms with van der Waals surface area (Å²) in [5.74, 6) is 3.84. The van der Waals surface area contributed by atoms with Gasteiger partial charge in [-0.05, 0) is 145 Å². The van der Waals surface area contributed by atoms with Gasteiger partial charge in [0.1, 0.15) is 22.8 Å². The third-order valence-electron chi connectivity index (χ3n) is 12.9. The Balaban J connectivity index is 1.06. The highest BCUT2D eigenvalue weighted by molar-refractivity contribution is 7.99. The number of anilines is 6. The molecule has 0 saturated carbocycles. The third kappa shape index (κ3) is 8.30. The van der Waals surface area contributed by atoms with Crippen molar-refractivity contribution < 1.29 is 4.74 Å². The van der Waals surface area contributed by atoms with E-state index in [0.29, 0.717) is 68.8 Å². The number of nitrogens with zero attached hydrogens (tertiary/aromatic N) is 12. The molecular formula is C62H38N12OS. The van der Waals surface area contributed by atoms with Crippen molar-refractivity contribution in [1.29, 1.82) is 0 Å². The molecule has 0 saturated heterocycles. The fourth-order valence-corrected chi connectivity index (χ4v) is 10.5. The monoisotopic (exact) mass is 998 g/mol. The van der Waals surface area contributed by atoms with Gasteiger partial charge in [-0.2, -0.15) is 0 Å². The number of hydrogen-bond acceptors (Lipinski definition) is 14. The summed E-state index contributed by atoms with van der Waals surface area (Å²) >= 11 is 1.77. The van der Waals surface area contributed by atoms with Gasteiger partial charge in [-0.25, -0.2) is 29.9 Å². The van der Waals surface area contributed by atoms with Gasteiger partial charge in [-0.15, -0.1) is 0 Å². The Labute approximate surface area is 440 Å². The molecule has 8 heterocycles. The third-order valence-corrected chi connectivity index (χ3v) is 14.0. The lowest BCUT2D eigenvalue weighted by Crippen LogP contribution is -2.18. The van der Waals surface area contributed by atoms with E-state index in [4.69, 9.17) is 34.6 Å². The molecule has 2 aliphatic heterocycles. The maximum absolute atomic E-state index is 6.57. The molecule has 0 bridgehead atoms. The number of pyridine rings is 4. The lowest BCUT2D eigenvalue weighted by Gasteiger charge is -2.36. The number of ether oxygens (including phenoxy) is 1. The van der Waals surface area contributed by atoms with Crippen LogP contribution in [-0.2, 0) is 0 Å². The second kappa shape index (κ2) is 18.9. The number of benzene rings is 6. The number of aromatic nitrogens is 10. The predicted molar refractivity (Wildman–Crippen MR) is 296 cm³/mol. The lowest BCUT2D eigenvalue weighted by molar-refractivity contribution is 0.477. The highest BCUT2D eigenvalue weighted by Gasteiger charge is 2.30. The van der Waals surface area contributed by atoms with E-state index in [1.165, 1.54) is 0 Å². The molecule has 76 heavy (non-hydrogen) atoms. The van der Waals surface area contributed by atoms with Crippen LogP contribution in [0.2, 0.25) is 0 Å². The Morgan fingerprint density at radius 3 is 1.03 bits per heavy atom. The van der Waals surface area contributed by atoms with Crippen molar-refractivity contribution in [2.45, 2.75) is 9.79 Å². The normalized spacial score (nSPS) is 12.2. The maximum Gasteiger partial charge on any atom is 0.182 e. The van der Waals surface area contributed by atoms with Crippen molar-refractivity contribution in [2.75, 3.05) is 9.80 Å². The molecule has 6 aromatic heterocycles. The zero-order valence-electron chi connectivity index (χ0n) is 40.1. The van der Waals surface area contributed by atoms with Crippen LogP contribution in [0.3, 0.4) is 0 Å². The van der Waals surface area contributed by atoms with Crippen LogP contribution in [0.1, 0.15) is 0 Å². The Morgan fingerprint density at radius 1 is 0.289 bits per heavy atom. The highest BCUT2D eigenvalue weighted by atomic mass is 32.2. The molecule has 0 atom stereocenters. The van der Waals surface area contributed by atoms with Gasteiger partial charge in [0.05, 0.1) is 22.7 Å². The minimum Gasteiger partial charge on any atom is -0.453 e. The Morgan fingerprint density at radius 2 is 0.618 bits per heavy atom. The Kier molecular flexibility index (Phi) is 11.1. The van der Waals surface area contributed by atoms with E-state index in [2.05, 4.69) is 121 Å². The van der Waals surface area contributed by atoms with Crippen molar-refractivity contribution in [3.63, 3.8) is 0 Å². The van der Waals surface area contributed by atoms with Gasteiger partial charge in [0.25, 0.3) is 0 Å². The molecule has 13 nitrogen and oxygen atoms in total. The molecule has 14 heteroatoms. The smallest absolute Gasteiger partial charge is 0.182 e. The molecule has 358 valence electrons. The molecule has 6 aromatic carbocycles. The second-order valence-corrected chi connectivity index (χ2v) is 18.8. The first-order chi connectivity index (χ1) is 37.6. The van der Waals surface area contributed by atoms with Gasteiger partial charge in [0.15, 0.2) is 46.4 Å². The first-order valence-electron chi connectivity index (χ1n) is 24.4. The molecule has 0 radical (unpaired) electrons. The van der Waals surface area contributed by atoms with E-state index in [1.54, 1.807) is 36.5 Å². The average Bonchev–Trinajstić information content (AvgIpc) is 3.56. The van der Waals surface area contributed by atoms with Crippen molar-refractivity contribution >= 4 is 45.9 Å². The van der Waals surface area contributed by atoms with Crippen molar-refractivity contribution in [1.82, 2.24) is 49.8 Å². The second-order valence-electron chi connectivity index (χ2n) is 17.8. The zero-order valence-corrected chi connectivity index (χ0v) is 40.9. The topological polar surface area (TPSA) is 145 Å². The molecular weight excluding hydrogens is 961 g/mol. The number of para-hydroxylation sites is 6. The minimum absolute atomic E-state index is 0.391. The van der Waals surface area contributed by atoms with Crippen LogP contribution < -0.4 is 14.5 Å². The van der Waals surface area contributed by atoms with Crippen molar-refractivity contribution in [3.8, 4) is 91.5 Å². The van der Waals surface area contributed by atoms with E-state index in [-0.39, 0.29) is 0 Å². The van der Waals surface area contributed by atoms with Crippen molar-refractivity contribution in [3.05, 3.63) is 231 Å². The van der Waals surface area contributed by atoms with Crippen LogP contribution in [0.5, 0.6) is 11.5 Å². The van der Waals surface area contributed by atoms with Crippen LogP contribution in [0.15, 0.2) is 241 Å². The van der Waals surface area contributed by atoms with Gasteiger partial charge in [0, 0.05) is 57.1 Å². The summed E-state index contributed by atoms with van der Waals surface area (Å²) in [4.78, 5) is 56.1. The highest BCUT2D eigenvalue weighted by Crippen LogP contribution is 2.55. The molecule has 0 amide bonds. The lowest BCUT2D eigenvalue weighted by atomic mass is 9.96. The molecule has 0 fully saturated rings. The fraction of sp³-hybridized carbons (Fsp3) is 0. The quantitative estimate of drug-likeness (QED) is 0.135. The van der Waals surface area contributed by atoms with Gasteiger partial charge < -0.3 is 14.5 Å². The summed E-state index contributed by atoms with van der Waals surface area (Å²) in [5, 5.41) is 0. The molecule has 14 rings (SSSR count). The fourth-order valence-electron chi connectivity index (χ4n) is 9.49. The van der Waals surface area contributed by atoms with Crippen LogP contribution in [-0.4, -0.2) is 49.8 Å². The molecule has 12 aromatic rings. The van der Waals surface area contributed by atoms with Crippen LogP contribution in [0.4, 0.5) is 34.1 Å². The largest absolute Gasteiger partial charge is 0.453 e. The average molecular weight is 999 g/mol. The summed E-state index contributed by atoms with van der Waals surface area (Å²) in [6, 6.07) is 69.0. The first kappa shape index (κ1) is 44.4. The van der Waals surface area contributed by atoms with E-state index < -0.39 is 0 Å². The van der Waals surface area contributed by atoms with E-state index in [1.807, 2.05) is 115 Å². The Hall–Kier alpha value is -10.3. The number of fused-ring (bicyclic) bond motifs is 4. The van der Waals surface area contributed by atoms with Crippen LogP contribution in [0.25, 0.3) is 80.0 Å². The summed E-state index contributed by atoms with van der Waals surface area (Å²) < 4.78 is 6.57. The van der Waals surface area contributed by atoms with E-state index >= 15 is 0 Å². The van der Waals surface area contributed by atoms with Gasteiger partial charge in [0.2, 0.25) is 0 Å². The number of hydrogen-bond donors (Lipinski definition) is 0.